The van der Waals surface area contributed by atoms with E-state index in [2.05, 4.69) is 22.2 Å². The second kappa shape index (κ2) is 6.53. The van der Waals surface area contributed by atoms with Crippen LogP contribution in [0.3, 0.4) is 0 Å². The van der Waals surface area contributed by atoms with Gasteiger partial charge in [-0.25, -0.2) is 9.97 Å². The molecule has 1 aromatic heterocycles. The van der Waals surface area contributed by atoms with Crippen molar-refractivity contribution >= 4 is 17.5 Å². The van der Waals surface area contributed by atoms with Gasteiger partial charge >= 0.3 is 0 Å². The van der Waals surface area contributed by atoms with E-state index in [1.165, 1.54) is 25.5 Å². The van der Waals surface area contributed by atoms with E-state index in [4.69, 9.17) is 11.6 Å². The summed E-state index contributed by atoms with van der Waals surface area (Å²) in [6.07, 6.45) is 5.22. The van der Waals surface area contributed by atoms with Gasteiger partial charge in [0.05, 0.1) is 11.2 Å². The summed E-state index contributed by atoms with van der Waals surface area (Å²) in [6, 6.07) is 0. The highest BCUT2D eigenvalue weighted by molar-refractivity contribution is 6.33. The molecule has 0 spiro atoms. The zero-order valence-corrected chi connectivity index (χ0v) is 13.1. The molecule has 1 heterocycles. The molecule has 0 aromatic carbocycles. The van der Waals surface area contributed by atoms with Crippen LogP contribution in [-0.4, -0.2) is 22.4 Å². The molecule has 1 aliphatic rings. The number of carbonyl (C=O) groups excluding carboxylic acids is 1. The smallest absolute Gasteiger partial charge is 0.271 e. The standard InChI is InChI=1S/C15H22ClN3O/c1-9(2)14-17-8-12(16)13(19-14)15(20)18-7-11-6-4-5-10(11)3/h8-11H,4-7H2,1-3H3,(H,18,20). The molecule has 110 valence electrons. The Bertz CT molecular complexity index is 490. The van der Waals surface area contributed by atoms with Gasteiger partial charge in [0, 0.05) is 12.5 Å². The van der Waals surface area contributed by atoms with Crippen molar-refractivity contribution in [1.29, 1.82) is 0 Å². The SMILES string of the molecule is CC(C)c1ncc(Cl)c(C(=O)NCC2CCCC2C)n1. The number of nitrogens with one attached hydrogen (secondary N) is 1. The molecule has 1 aromatic rings. The molecular weight excluding hydrogens is 274 g/mol. The molecule has 0 aliphatic heterocycles. The summed E-state index contributed by atoms with van der Waals surface area (Å²) in [4.78, 5) is 20.6. The highest BCUT2D eigenvalue weighted by Gasteiger charge is 2.24. The van der Waals surface area contributed by atoms with Crippen molar-refractivity contribution < 1.29 is 4.79 Å². The van der Waals surface area contributed by atoms with Crippen LogP contribution in [0.25, 0.3) is 0 Å². The maximum absolute atomic E-state index is 12.2. The van der Waals surface area contributed by atoms with E-state index in [1.54, 1.807) is 0 Å². The number of aromatic nitrogens is 2. The highest BCUT2D eigenvalue weighted by atomic mass is 35.5. The van der Waals surface area contributed by atoms with Gasteiger partial charge in [-0.3, -0.25) is 4.79 Å². The fourth-order valence-corrected chi connectivity index (χ4v) is 2.83. The lowest BCUT2D eigenvalue weighted by atomic mass is 9.98. The van der Waals surface area contributed by atoms with Crippen LogP contribution in [0.15, 0.2) is 6.20 Å². The molecule has 1 saturated carbocycles. The van der Waals surface area contributed by atoms with Gasteiger partial charge in [-0.1, -0.05) is 45.2 Å². The Hall–Kier alpha value is -1.16. The van der Waals surface area contributed by atoms with Crippen LogP contribution in [0.4, 0.5) is 0 Å². The summed E-state index contributed by atoms with van der Waals surface area (Å²) in [7, 11) is 0. The van der Waals surface area contributed by atoms with Crippen molar-refractivity contribution in [3.63, 3.8) is 0 Å². The first-order chi connectivity index (χ1) is 9.49. The maximum Gasteiger partial charge on any atom is 0.271 e. The number of halogens is 1. The van der Waals surface area contributed by atoms with E-state index in [0.29, 0.717) is 29.2 Å². The minimum atomic E-state index is -0.196. The van der Waals surface area contributed by atoms with E-state index < -0.39 is 0 Å². The van der Waals surface area contributed by atoms with E-state index in [-0.39, 0.29) is 17.5 Å². The topological polar surface area (TPSA) is 54.9 Å². The number of carbonyl (C=O) groups is 1. The molecular formula is C15H22ClN3O. The van der Waals surface area contributed by atoms with Crippen LogP contribution >= 0.6 is 11.6 Å². The van der Waals surface area contributed by atoms with Gasteiger partial charge in [0.2, 0.25) is 0 Å². The Labute approximate surface area is 125 Å². The molecule has 20 heavy (non-hydrogen) atoms. The van der Waals surface area contributed by atoms with Gasteiger partial charge in [0.15, 0.2) is 0 Å². The molecule has 0 bridgehead atoms. The largest absolute Gasteiger partial charge is 0.350 e. The van der Waals surface area contributed by atoms with Crippen LogP contribution in [0.2, 0.25) is 5.02 Å². The van der Waals surface area contributed by atoms with Crippen molar-refractivity contribution in [3.05, 3.63) is 22.7 Å². The summed E-state index contributed by atoms with van der Waals surface area (Å²) in [5, 5.41) is 3.28. The van der Waals surface area contributed by atoms with E-state index >= 15 is 0 Å². The van der Waals surface area contributed by atoms with Gasteiger partial charge in [0.25, 0.3) is 5.91 Å². The van der Waals surface area contributed by atoms with Crippen LogP contribution < -0.4 is 5.32 Å². The summed E-state index contributed by atoms with van der Waals surface area (Å²) >= 11 is 6.03. The molecule has 1 fully saturated rings. The molecule has 2 rings (SSSR count). The first-order valence-corrected chi connectivity index (χ1v) is 7.67. The third-order valence-corrected chi connectivity index (χ3v) is 4.33. The fraction of sp³-hybridized carbons (Fsp3) is 0.667. The Balaban J connectivity index is 2.03. The third kappa shape index (κ3) is 3.48. The summed E-state index contributed by atoms with van der Waals surface area (Å²) in [6.45, 7) is 6.94. The molecule has 4 nitrogen and oxygen atoms in total. The summed E-state index contributed by atoms with van der Waals surface area (Å²) in [5.41, 5.74) is 0.288. The summed E-state index contributed by atoms with van der Waals surface area (Å²) in [5.74, 6) is 1.88. The zero-order chi connectivity index (χ0) is 14.7. The molecule has 5 heteroatoms. The Kier molecular flexibility index (Phi) is 4.97. The van der Waals surface area contributed by atoms with Crippen LogP contribution in [-0.2, 0) is 0 Å². The predicted octanol–water partition coefficient (Wildman–Crippen LogP) is 3.42. The fourth-order valence-electron chi connectivity index (χ4n) is 2.65. The number of rotatable bonds is 4. The van der Waals surface area contributed by atoms with E-state index in [9.17, 15) is 4.79 Å². The Morgan fingerprint density at radius 1 is 1.50 bits per heavy atom. The normalized spacial score (nSPS) is 22.2. The van der Waals surface area contributed by atoms with Crippen molar-refractivity contribution in [2.75, 3.05) is 6.54 Å². The lowest BCUT2D eigenvalue weighted by Crippen LogP contribution is -2.31. The van der Waals surface area contributed by atoms with E-state index in [1.807, 2.05) is 13.8 Å². The summed E-state index contributed by atoms with van der Waals surface area (Å²) < 4.78 is 0. The van der Waals surface area contributed by atoms with Crippen molar-refractivity contribution in [1.82, 2.24) is 15.3 Å². The maximum atomic E-state index is 12.2. The lowest BCUT2D eigenvalue weighted by molar-refractivity contribution is 0.0939. The van der Waals surface area contributed by atoms with Crippen LogP contribution in [0, 0.1) is 11.8 Å². The molecule has 2 atom stereocenters. The molecule has 2 unspecified atom stereocenters. The molecule has 1 aliphatic carbocycles. The second-order valence-corrected chi connectivity index (χ2v) is 6.36. The predicted molar refractivity (Wildman–Crippen MR) is 80.0 cm³/mol. The van der Waals surface area contributed by atoms with Gasteiger partial charge in [0.1, 0.15) is 11.5 Å². The molecule has 0 radical (unpaired) electrons. The quantitative estimate of drug-likeness (QED) is 0.926. The molecule has 0 saturated heterocycles. The Morgan fingerprint density at radius 2 is 2.25 bits per heavy atom. The monoisotopic (exact) mass is 295 g/mol. The first kappa shape index (κ1) is 15.2. The second-order valence-electron chi connectivity index (χ2n) is 5.96. The van der Waals surface area contributed by atoms with Crippen molar-refractivity contribution in [2.45, 2.75) is 46.0 Å². The molecule has 1 amide bonds. The third-order valence-electron chi connectivity index (χ3n) is 4.06. The molecule has 1 N–H and O–H groups in total. The number of amides is 1. The van der Waals surface area contributed by atoms with Crippen molar-refractivity contribution in [2.24, 2.45) is 11.8 Å². The highest BCUT2D eigenvalue weighted by Crippen LogP contribution is 2.30. The Morgan fingerprint density at radius 3 is 2.85 bits per heavy atom. The zero-order valence-electron chi connectivity index (χ0n) is 12.3. The van der Waals surface area contributed by atoms with Crippen molar-refractivity contribution in [3.8, 4) is 0 Å². The minimum absolute atomic E-state index is 0.175. The van der Waals surface area contributed by atoms with Gasteiger partial charge in [-0.2, -0.15) is 0 Å². The number of hydrogen-bond acceptors (Lipinski definition) is 3. The average molecular weight is 296 g/mol. The minimum Gasteiger partial charge on any atom is -0.350 e. The average Bonchev–Trinajstić information content (AvgIpc) is 2.81. The lowest BCUT2D eigenvalue weighted by Gasteiger charge is -2.16. The van der Waals surface area contributed by atoms with Crippen LogP contribution in [0.1, 0.15) is 62.3 Å². The first-order valence-electron chi connectivity index (χ1n) is 7.29. The van der Waals surface area contributed by atoms with Gasteiger partial charge in [-0.05, 0) is 18.3 Å². The number of hydrogen-bond donors (Lipinski definition) is 1. The van der Waals surface area contributed by atoms with E-state index in [0.717, 1.165) is 0 Å². The number of nitrogens with zero attached hydrogens (tertiary/aromatic N) is 2. The van der Waals surface area contributed by atoms with Gasteiger partial charge in [-0.15, -0.1) is 0 Å². The van der Waals surface area contributed by atoms with Crippen LogP contribution in [0.5, 0.6) is 0 Å². The van der Waals surface area contributed by atoms with Gasteiger partial charge < -0.3 is 5.32 Å².